The first-order valence-electron chi connectivity index (χ1n) is 7.57. The van der Waals surface area contributed by atoms with Crippen LogP contribution in [0.5, 0.6) is 0 Å². The summed E-state index contributed by atoms with van der Waals surface area (Å²) in [6.45, 7) is 1.99. The number of rotatable bonds is 6. The Hall–Kier alpha value is -3.00. The van der Waals surface area contributed by atoms with E-state index in [-0.39, 0.29) is 24.6 Å². The number of nitrogens with one attached hydrogen (secondary N) is 2. The second kappa shape index (κ2) is 7.71. The van der Waals surface area contributed by atoms with E-state index in [1.807, 2.05) is 31.2 Å². The van der Waals surface area contributed by atoms with Gasteiger partial charge in [-0.3, -0.25) is 9.89 Å². The summed E-state index contributed by atoms with van der Waals surface area (Å²) >= 11 is 1.36. The second-order valence-electron chi connectivity index (χ2n) is 5.32. The van der Waals surface area contributed by atoms with Crippen molar-refractivity contribution < 1.29 is 14.3 Å². The molecule has 0 radical (unpaired) electrons. The molecule has 0 saturated heterocycles. The Bertz CT molecular complexity index is 874. The Kier molecular flexibility index (Phi) is 5.20. The molecule has 2 aromatic heterocycles. The highest BCUT2D eigenvalue weighted by atomic mass is 32.1. The lowest BCUT2D eigenvalue weighted by Crippen LogP contribution is -2.15. The highest BCUT2D eigenvalue weighted by Gasteiger charge is 2.12. The number of ether oxygens (including phenoxy) is 1. The maximum atomic E-state index is 12.1. The van der Waals surface area contributed by atoms with Crippen LogP contribution in [0.1, 0.15) is 26.8 Å². The van der Waals surface area contributed by atoms with Crippen LogP contribution in [-0.2, 0) is 22.6 Å². The van der Waals surface area contributed by atoms with Gasteiger partial charge in [0, 0.05) is 17.3 Å². The molecule has 0 aliphatic heterocycles. The van der Waals surface area contributed by atoms with Crippen LogP contribution in [0.15, 0.2) is 41.9 Å². The van der Waals surface area contributed by atoms with Crippen LogP contribution in [0.4, 0.5) is 5.69 Å². The molecule has 0 aliphatic carbocycles. The number of amides is 1. The van der Waals surface area contributed by atoms with Crippen molar-refractivity contribution in [1.29, 1.82) is 0 Å². The number of carbonyl (C=O) groups excluding carboxylic acids is 2. The van der Waals surface area contributed by atoms with Crippen LogP contribution in [0, 0.1) is 6.92 Å². The van der Waals surface area contributed by atoms with Gasteiger partial charge in [0.05, 0.1) is 12.1 Å². The number of anilines is 1. The number of para-hydroxylation sites is 1. The molecule has 0 unspecified atom stereocenters. The summed E-state index contributed by atoms with van der Waals surface area (Å²) in [6, 6.07) is 9.12. The van der Waals surface area contributed by atoms with Gasteiger partial charge in [-0.25, -0.2) is 9.78 Å². The first kappa shape index (κ1) is 16.8. The van der Waals surface area contributed by atoms with Crippen LogP contribution in [-0.4, -0.2) is 27.1 Å². The molecular weight excluding hydrogens is 340 g/mol. The number of hydrogen-bond acceptors (Lipinski definition) is 6. The number of aromatic nitrogens is 3. The lowest BCUT2D eigenvalue weighted by Gasteiger charge is -2.06. The Morgan fingerprint density at radius 1 is 1.28 bits per heavy atom. The van der Waals surface area contributed by atoms with Crippen molar-refractivity contribution in [2.24, 2.45) is 0 Å². The van der Waals surface area contributed by atoms with Gasteiger partial charge in [0.2, 0.25) is 5.91 Å². The van der Waals surface area contributed by atoms with E-state index in [0.717, 1.165) is 11.3 Å². The SMILES string of the molecule is Cc1ccccc1NC(=O)Cc1nc(COC(=O)c2ccn[nH]2)cs1. The van der Waals surface area contributed by atoms with E-state index in [0.29, 0.717) is 10.7 Å². The number of benzene rings is 1. The highest BCUT2D eigenvalue weighted by Crippen LogP contribution is 2.16. The van der Waals surface area contributed by atoms with Gasteiger partial charge in [-0.15, -0.1) is 11.3 Å². The van der Waals surface area contributed by atoms with Crippen LogP contribution >= 0.6 is 11.3 Å². The molecule has 3 aromatic rings. The fraction of sp³-hybridized carbons (Fsp3) is 0.176. The largest absolute Gasteiger partial charge is 0.454 e. The Morgan fingerprint density at radius 2 is 2.12 bits per heavy atom. The summed E-state index contributed by atoms with van der Waals surface area (Å²) in [6.07, 6.45) is 1.65. The molecule has 128 valence electrons. The van der Waals surface area contributed by atoms with E-state index in [1.54, 1.807) is 5.38 Å². The van der Waals surface area contributed by atoms with Gasteiger partial charge in [0.1, 0.15) is 17.3 Å². The lowest BCUT2D eigenvalue weighted by atomic mass is 10.2. The summed E-state index contributed by atoms with van der Waals surface area (Å²) in [5.41, 5.74) is 2.68. The molecule has 0 aliphatic rings. The average Bonchev–Trinajstić information content (AvgIpc) is 3.26. The van der Waals surface area contributed by atoms with Crippen LogP contribution < -0.4 is 5.32 Å². The minimum Gasteiger partial charge on any atom is -0.454 e. The summed E-state index contributed by atoms with van der Waals surface area (Å²) < 4.78 is 5.14. The molecule has 0 spiro atoms. The predicted molar refractivity (Wildman–Crippen MR) is 93.3 cm³/mol. The zero-order valence-corrected chi connectivity index (χ0v) is 14.3. The highest BCUT2D eigenvalue weighted by molar-refractivity contribution is 7.09. The van der Waals surface area contributed by atoms with E-state index < -0.39 is 5.97 Å². The number of esters is 1. The topological polar surface area (TPSA) is 97.0 Å². The number of nitrogens with zero attached hydrogens (tertiary/aromatic N) is 2. The second-order valence-corrected chi connectivity index (χ2v) is 6.26. The molecule has 3 rings (SSSR count). The Morgan fingerprint density at radius 3 is 2.88 bits per heavy atom. The molecule has 0 fully saturated rings. The Labute approximate surface area is 148 Å². The monoisotopic (exact) mass is 356 g/mol. The molecule has 1 amide bonds. The average molecular weight is 356 g/mol. The minimum absolute atomic E-state index is 0.0494. The van der Waals surface area contributed by atoms with Gasteiger partial charge in [0.25, 0.3) is 0 Å². The molecule has 1 aromatic carbocycles. The zero-order chi connectivity index (χ0) is 17.6. The summed E-state index contributed by atoms with van der Waals surface area (Å²) in [4.78, 5) is 28.2. The van der Waals surface area contributed by atoms with Crippen molar-refractivity contribution in [3.63, 3.8) is 0 Å². The van der Waals surface area contributed by atoms with E-state index in [9.17, 15) is 9.59 Å². The molecule has 0 saturated carbocycles. The first-order valence-corrected chi connectivity index (χ1v) is 8.45. The molecule has 7 nitrogen and oxygen atoms in total. The standard InChI is InChI=1S/C17H16N4O3S/c1-11-4-2-3-5-13(11)20-15(22)8-16-19-12(10-25-16)9-24-17(23)14-6-7-18-21-14/h2-7,10H,8-9H2,1H3,(H,18,21)(H,20,22). The third-order valence-corrected chi connectivity index (χ3v) is 4.30. The van der Waals surface area contributed by atoms with Gasteiger partial charge in [-0.1, -0.05) is 18.2 Å². The number of thiazole rings is 1. The third-order valence-electron chi connectivity index (χ3n) is 3.40. The molecule has 2 heterocycles. The number of H-pyrrole nitrogens is 1. The van der Waals surface area contributed by atoms with Crippen LogP contribution in [0.25, 0.3) is 0 Å². The van der Waals surface area contributed by atoms with E-state index >= 15 is 0 Å². The predicted octanol–water partition coefficient (Wildman–Crippen LogP) is 2.71. The first-order chi connectivity index (χ1) is 12.1. The molecule has 0 atom stereocenters. The van der Waals surface area contributed by atoms with E-state index in [4.69, 9.17) is 4.74 Å². The zero-order valence-electron chi connectivity index (χ0n) is 13.5. The third kappa shape index (κ3) is 4.51. The molecular formula is C17H16N4O3S. The van der Waals surface area contributed by atoms with Crippen molar-refractivity contribution in [2.45, 2.75) is 20.0 Å². The van der Waals surface area contributed by atoms with Crippen LogP contribution in [0.3, 0.4) is 0 Å². The normalized spacial score (nSPS) is 10.4. The van der Waals surface area contributed by atoms with Gasteiger partial charge < -0.3 is 10.1 Å². The van der Waals surface area contributed by atoms with Crippen molar-refractivity contribution in [3.8, 4) is 0 Å². The molecule has 8 heteroatoms. The lowest BCUT2D eigenvalue weighted by molar-refractivity contribution is -0.115. The van der Waals surface area contributed by atoms with Gasteiger partial charge in [-0.2, -0.15) is 5.10 Å². The van der Waals surface area contributed by atoms with Gasteiger partial charge in [0.15, 0.2) is 0 Å². The van der Waals surface area contributed by atoms with Crippen molar-refractivity contribution >= 4 is 28.9 Å². The molecule has 25 heavy (non-hydrogen) atoms. The maximum Gasteiger partial charge on any atom is 0.356 e. The van der Waals surface area contributed by atoms with Gasteiger partial charge >= 0.3 is 5.97 Å². The molecule has 2 N–H and O–H groups in total. The van der Waals surface area contributed by atoms with Crippen molar-refractivity contribution in [1.82, 2.24) is 15.2 Å². The number of carbonyl (C=O) groups is 2. The summed E-state index contributed by atoms with van der Waals surface area (Å²) in [5, 5.41) is 11.5. The molecule has 0 bridgehead atoms. The van der Waals surface area contributed by atoms with E-state index in [2.05, 4.69) is 20.5 Å². The van der Waals surface area contributed by atoms with Crippen molar-refractivity contribution in [3.05, 3.63) is 63.9 Å². The fourth-order valence-corrected chi connectivity index (χ4v) is 2.91. The van der Waals surface area contributed by atoms with E-state index in [1.165, 1.54) is 23.6 Å². The fourth-order valence-electron chi connectivity index (χ4n) is 2.13. The maximum absolute atomic E-state index is 12.1. The summed E-state index contributed by atoms with van der Waals surface area (Å²) in [7, 11) is 0. The van der Waals surface area contributed by atoms with Gasteiger partial charge in [-0.05, 0) is 24.6 Å². The quantitative estimate of drug-likeness (QED) is 0.662. The minimum atomic E-state index is -0.496. The Balaban J connectivity index is 1.52. The van der Waals surface area contributed by atoms with Crippen molar-refractivity contribution in [2.75, 3.05) is 5.32 Å². The number of aryl methyl sites for hydroxylation is 1. The summed E-state index contributed by atoms with van der Waals surface area (Å²) in [5.74, 6) is -0.631. The van der Waals surface area contributed by atoms with Crippen LogP contribution in [0.2, 0.25) is 0 Å². The number of aromatic amines is 1. The smallest absolute Gasteiger partial charge is 0.356 e. The number of hydrogen-bond donors (Lipinski definition) is 2.